The molecule has 5 heteroatoms. The second-order valence-electron chi connectivity index (χ2n) is 3.85. The molecule has 1 amide bonds. The number of hydrogen-bond acceptors (Lipinski definition) is 2. The molecule has 0 fully saturated rings. The van der Waals surface area contributed by atoms with Gasteiger partial charge in [0.2, 0.25) is 5.56 Å². The van der Waals surface area contributed by atoms with Gasteiger partial charge in [0.25, 0.3) is 5.91 Å². The SMILES string of the molecule is Cc1cc(Br)ccc1NC(=O)c1ccc(=O)[nH]c1. The highest BCUT2D eigenvalue weighted by Crippen LogP contribution is 2.20. The minimum absolute atomic E-state index is 0.230. The number of H-pyrrole nitrogens is 1. The van der Waals surface area contributed by atoms with Crippen molar-refractivity contribution in [2.45, 2.75) is 6.92 Å². The maximum Gasteiger partial charge on any atom is 0.257 e. The number of amides is 1. The summed E-state index contributed by atoms with van der Waals surface area (Å²) >= 11 is 3.36. The van der Waals surface area contributed by atoms with E-state index in [0.29, 0.717) is 5.56 Å². The third-order valence-corrected chi connectivity index (χ3v) is 2.98. The van der Waals surface area contributed by atoms with E-state index in [1.807, 2.05) is 25.1 Å². The molecule has 1 heterocycles. The van der Waals surface area contributed by atoms with Crippen LogP contribution in [0.3, 0.4) is 0 Å². The Morgan fingerprint density at radius 2 is 2.06 bits per heavy atom. The van der Waals surface area contributed by atoms with Gasteiger partial charge in [-0.25, -0.2) is 0 Å². The zero-order valence-electron chi connectivity index (χ0n) is 9.66. The minimum atomic E-state index is -0.253. The summed E-state index contributed by atoms with van der Waals surface area (Å²) < 4.78 is 0.960. The van der Waals surface area contributed by atoms with E-state index in [2.05, 4.69) is 26.2 Å². The van der Waals surface area contributed by atoms with E-state index < -0.39 is 0 Å². The molecular formula is C13H11BrN2O2. The maximum atomic E-state index is 11.9. The molecule has 0 unspecified atom stereocenters. The highest BCUT2D eigenvalue weighted by atomic mass is 79.9. The lowest BCUT2D eigenvalue weighted by molar-refractivity contribution is 0.102. The molecule has 0 aliphatic carbocycles. The number of hydrogen-bond donors (Lipinski definition) is 2. The van der Waals surface area contributed by atoms with Crippen LogP contribution in [-0.4, -0.2) is 10.9 Å². The topological polar surface area (TPSA) is 62.0 Å². The van der Waals surface area contributed by atoms with Crippen LogP contribution in [0, 0.1) is 6.92 Å². The summed E-state index contributed by atoms with van der Waals surface area (Å²) in [6.07, 6.45) is 1.39. The van der Waals surface area contributed by atoms with Gasteiger partial charge in [0.1, 0.15) is 0 Å². The normalized spacial score (nSPS) is 10.1. The molecule has 2 N–H and O–H groups in total. The van der Waals surface area contributed by atoms with Crippen LogP contribution in [-0.2, 0) is 0 Å². The van der Waals surface area contributed by atoms with Crippen molar-refractivity contribution in [2.75, 3.05) is 5.32 Å². The fraction of sp³-hybridized carbons (Fsp3) is 0.0769. The highest BCUT2D eigenvalue weighted by Gasteiger charge is 2.07. The van der Waals surface area contributed by atoms with Gasteiger partial charge in [-0.15, -0.1) is 0 Å². The summed E-state index contributed by atoms with van der Waals surface area (Å²) in [5.41, 5.74) is 1.89. The first-order valence-corrected chi connectivity index (χ1v) is 6.12. The van der Waals surface area contributed by atoms with E-state index >= 15 is 0 Å². The number of halogens is 1. The Kier molecular flexibility index (Phi) is 3.62. The van der Waals surface area contributed by atoms with Crippen LogP contribution in [0.1, 0.15) is 15.9 Å². The summed E-state index contributed by atoms with van der Waals surface area (Å²) in [6.45, 7) is 1.91. The molecule has 4 nitrogen and oxygen atoms in total. The Balaban J connectivity index is 2.21. The van der Waals surface area contributed by atoms with E-state index in [0.717, 1.165) is 15.7 Å². The Morgan fingerprint density at radius 1 is 1.28 bits per heavy atom. The lowest BCUT2D eigenvalue weighted by atomic mass is 10.2. The van der Waals surface area contributed by atoms with E-state index in [1.54, 1.807) is 0 Å². The molecule has 0 bridgehead atoms. The van der Waals surface area contributed by atoms with Crippen LogP contribution in [0.5, 0.6) is 0 Å². The average molecular weight is 307 g/mol. The van der Waals surface area contributed by atoms with E-state index in [9.17, 15) is 9.59 Å². The number of carbonyl (C=O) groups is 1. The van der Waals surface area contributed by atoms with Gasteiger partial charge in [0.15, 0.2) is 0 Å². The van der Waals surface area contributed by atoms with Crippen molar-refractivity contribution >= 4 is 27.5 Å². The van der Waals surface area contributed by atoms with Crippen molar-refractivity contribution in [3.05, 3.63) is 62.5 Å². The molecule has 2 rings (SSSR count). The number of pyridine rings is 1. The van der Waals surface area contributed by atoms with Crippen molar-refractivity contribution in [3.63, 3.8) is 0 Å². The van der Waals surface area contributed by atoms with Gasteiger partial charge in [-0.1, -0.05) is 15.9 Å². The first-order valence-electron chi connectivity index (χ1n) is 5.32. The molecule has 92 valence electrons. The summed E-state index contributed by atoms with van der Waals surface area (Å²) in [4.78, 5) is 25.3. The van der Waals surface area contributed by atoms with Gasteiger partial charge in [0.05, 0.1) is 5.56 Å². The molecule has 0 aliphatic heterocycles. The van der Waals surface area contributed by atoms with Crippen LogP contribution >= 0.6 is 15.9 Å². The standard InChI is InChI=1S/C13H11BrN2O2/c1-8-6-10(14)3-4-11(8)16-13(18)9-2-5-12(17)15-7-9/h2-7H,1H3,(H,15,17)(H,16,18). The number of anilines is 1. The van der Waals surface area contributed by atoms with Gasteiger partial charge >= 0.3 is 0 Å². The maximum absolute atomic E-state index is 11.9. The first-order chi connectivity index (χ1) is 8.56. The Hall–Kier alpha value is -1.88. The summed E-state index contributed by atoms with van der Waals surface area (Å²) in [6, 6.07) is 8.41. The number of rotatable bonds is 2. The number of benzene rings is 1. The van der Waals surface area contributed by atoms with Crippen LogP contribution < -0.4 is 10.9 Å². The first kappa shape index (κ1) is 12.6. The van der Waals surface area contributed by atoms with Crippen LogP contribution in [0.2, 0.25) is 0 Å². The molecule has 1 aromatic carbocycles. The van der Waals surface area contributed by atoms with Crippen molar-refractivity contribution in [2.24, 2.45) is 0 Å². The second kappa shape index (κ2) is 5.18. The highest BCUT2D eigenvalue weighted by molar-refractivity contribution is 9.10. The Labute approximate surface area is 112 Å². The number of aromatic amines is 1. The predicted molar refractivity (Wildman–Crippen MR) is 73.9 cm³/mol. The Bertz CT molecular complexity index is 629. The van der Waals surface area contributed by atoms with Crippen LogP contribution in [0.15, 0.2) is 45.8 Å². The molecule has 0 spiro atoms. The third-order valence-electron chi connectivity index (χ3n) is 2.48. The van der Waals surface area contributed by atoms with Gasteiger partial charge < -0.3 is 10.3 Å². The smallest absolute Gasteiger partial charge is 0.257 e. The van der Waals surface area contributed by atoms with Crippen molar-refractivity contribution < 1.29 is 4.79 Å². The summed E-state index contributed by atoms with van der Waals surface area (Å²) in [5, 5.41) is 2.79. The number of nitrogens with one attached hydrogen (secondary N) is 2. The number of aromatic nitrogens is 1. The zero-order valence-corrected chi connectivity index (χ0v) is 11.2. The molecule has 0 saturated heterocycles. The molecule has 0 atom stereocenters. The molecule has 0 aliphatic rings. The van der Waals surface area contributed by atoms with Crippen molar-refractivity contribution in [1.82, 2.24) is 4.98 Å². The predicted octanol–water partition coefficient (Wildman–Crippen LogP) is 2.70. The molecular weight excluding hydrogens is 296 g/mol. The number of aryl methyl sites for hydroxylation is 1. The fourth-order valence-electron chi connectivity index (χ4n) is 1.51. The fourth-order valence-corrected chi connectivity index (χ4v) is 1.99. The minimum Gasteiger partial charge on any atom is -0.328 e. The average Bonchev–Trinajstić information content (AvgIpc) is 2.33. The van der Waals surface area contributed by atoms with E-state index in [1.165, 1.54) is 18.3 Å². The van der Waals surface area contributed by atoms with Gasteiger partial charge in [0, 0.05) is 22.4 Å². The molecule has 0 saturated carbocycles. The van der Waals surface area contributed by atoms with Crippen molar-refractivity contribution in [3.8, 4) is 0 Å². The quantitative estimate of drug-likeness (QED) is 0.896. The zero-order chi connectivity index (χ0) is 13.1. The molecule has 1 aromatic heterocycles. The summed E-state index contributed by atoms with van der Waals surface area (Å²) in [5.74, 6) is -0.253. The van der Waals surface area contributed by atoms with E-state index in [4.69, 9.17) is 0 Å². The number of carbonyl (C=O) groups excluding carboxylic acids is 1. The monoisotopic (exact) mass is 306 g/mol. The second-order valence-corrected chi connectivity index (χ2v) is 4.77. The molecule has 18 heavy (non-hydrogen) atoms. The van der Waals surface area contributed by atoms with E-state index in [-0.39, 0.29) is 11.5 Å². The van der Waals surface area contributed by atoms with Gasteiger partial charge in [-0.05, 0) is 36.8 Å². The third kappa shape index (κ3) is 2.87. The van der Waals surface area contributed by atoms with Gasteiger partial charge in [-0.3, -0.25) is 9.59 Å². The van der Waals surface area contributed by atoms with Crippen LogP contribution in [0.25, 0.3) is 0 Å². The van der Waals surface area contributed by atoms with Crippen LogP contribution in [0.4, 0.5) is 5.69 Å². The van der Waals surface area contributed by atoms with Crippen molar-refractivity contribution in [1.29, 1.82) is 0 Å². The lowest BCUT2D eigenvalue weighted by Gasteiger charge is -2.08. The van der Waals surface area contributed by atoms with Gasteiger partial charge in [-0.2, -0.15) is 0 Å². The summed E-state index contributed by atoms with van der Waals surface area (Å²) in [7, 11) is 0. The molecule has 2 aromatic rings. The molecule has 0 radical (unpaired) electrons. The largest absolute Gasteiger partial charge is 0.328 e. The lowest BCUT2D eigenvalue weighted by Crippen LogP contribution is -2.15. The Morgan fingerprint density at radius 3 is 2.67 bits per heavy atom.